The third-order valence-corrected chi connectivity index (χ3v) is 2.50. The van der Waals surface area contributed by atoms with Crippen LogP contribution in [0.4, 0.5) is 0 Å². The van der Waals surface area contributed by atoms with Gasteiger partial charge in [-0.2, -0.15) is 0 Å². The Hall–Kier alpha value is -0.223. The maximum atomic E-state index is 3.35. The Labute approximate surface area is 73.6 Å². The minimum atomic E-state index is -0.191. The van der Waals surface area contributed by atoms with E-state index in [9.17, 15) is 0 Å². The van der Waals surface area contributed by atoms with Gasteiger partial charge in [0.1, 0.15) is 9.52 Å². The van der Waals surface area contributed by atoms with Gasteiger partial charge in [-0.1, -0.05) is 20.8 Å². The van der Waals surface area contributed by atoms with E-state index in [1.807, 2.05) is 0 Å². The van der Waals surface area contributed by atoms with Gasteiger partial charge in [-0.3, -0.25) is 0 Å². The number of hydrogen-bond donors (Lipinski definition) is 0. The Morgan fingerprint density at radius 1 is 0.909 bits per heavy atom. The summed E-state index contributed by atoms with van der Waals surface area (Å²) in [6.07, 6.45) is 0. The molecule has 0 aromatic heterocycles. The second-order valence-corrected chi connectivity index (χ2v) is 8.12. The summed E-state index contributed by atoms with van der Waals surface area (Å²) in [4.78, 5) is 0. The maximum Gasteiger partial charge on any atom is 0.112 e. The van der Waals surface area contributed by atoms with Gasteiger partial charge in [-0.05, 0) is 25.8 Å². The molecule has 0 aliphatic carbocycles. The molecule has 0 saturated heterocycles. The van der Waals surface area contributed by atoms with Crippen molar-refractivity contribution in [3.05, 3.63) is 0 Å². The lowest BCUT2D eigenvalue weighted by molar-refractivity contribution is 0.571. The topological polar surface area (TPSA) is 0 Å². The van der Waals surface area contributed by atoms with Crippen molar-refractivity contribution in [2.45, 2.75) is 46.6 Å². The second kappa shape index (κ2) is 3.45. The Balaban J connectivity index is 3.94. The van der Waals surface area contributed by atoms with Gasteiger partial charge in [0.15, 0.2) is 0 Å². The minimum Gasteiger partial charge on any atom is -0.138 e. The Morgan fingerprint density at radius 2 is 1.36 bits per heavy atom. The van der Waals surface area contributed by atoms with Crippen LogP contribution in [0.5, 0.6) is 0 Å². The summed E-state index contributed by atoms with van der Waals surface area (Å²) >= 11 is 0. The first kappa shape index (κ1) is 10.8. The smallest absolute Gasteiger partial charge is 0.112 e. The Bertz CT molecular complexity index is 168. The van der Waals surface area contributed by atoms with Crippen molar-refractivity contribution in [3.8, 4) is 11.5 Å². The lowest BCUT2D eigenvalue weighted by atomic mass is 9.99. The highest BCUT2D eigenvalue weighted by molar-refractivity contribution is 6.49. The minimum absolute atomic E-state index is 0.191. The van der Waals surface area contributed by atoms with Crippen LogP contribution in [-0.4, -0.2) is 9.52 Å². The highest BCUT2D eigenvalue weighted by Crippen LogP contribution is 2.19. The first-order chi connectivity index (χ1) is 4.71. The molecule has 0 aromatic carbocycles. The molecule has 0 bridgehead atoms. The van der Waals surface area contributed by atoms with E-state index in [0.717, 1.165) is 0 Å². The molecule has 0 spiro atoms. The summed E-state index contributed by atoms with van der Waals surface area (Å²) in [7, 11) is -0.191. The third-order valence-electron chi connectivity index (χ3n) is 1.08. The summed E-state index contributed by atoms with van der Waals surface area (Å²) in [6, 6.07) is 0. The van der Waals surface area contributed by atoms with Crippen molar-refractivity contribution in [2.75, 3.05) is 0 Å². The van der Waals surface area contributed by atoms with E-state index in [-0.39, 0.29) is 14.9 Å². The van der Waals surface area contributed by atoms with Gasteiger partial charge in [0.25, 0.3) is 0 Å². The number of rotatable bonds is 0. The van der Waals surface area contributed by atoms with Gasteiger partial charge >= 0.3 is 0 Å². The van der Waals surface area contributed by atoms with Crippen LogP contribution in [0.1, 0.15) is 41.5 Å². The molecule has 0 amide bonds. The normalized spacial score (nSPS) is 13.3. The Kier molecular flexibility index (Phi) is 3.38. The summed E-state index contributed by atoms with van der Waals surface area (Å²) < 4.78 is 0. The highest BCUT2D eigenvalue weighted by Gasteiger charge is 2.09. The van der Waals surface area contributed by atoms with Crippen LogP contribution in [0.3, 0.4) is 0 Å². The molecule has 11 heavy (non-hydrogen) atoms. The summed E-state index contributed by atoms with van der Waals surface area (Å²) in [6.45, 7) is 13.3. The SMILES string of the molecule is CC(C)(C)C#C[SiH2]C(C)(C)C. The van der Waals surface area contributed by atoms with Crippen molar-refractivity contribution < 1.29 is 0 Å². The fourth-order valence-electron chi connectivity index (χ4n) is 0.575. The predicted octanol–water partition coefficient (Wildman–Crippen LogP) is 2.38. The molecule has 0 saturated carbocycles. The van der Waals surface area contributed by atoms with Crippen LogP contribution in [0.15, 0.2) is 0 Å². The largest absolute Gasteiger partial charge is 0.138 e. The summed E-state index contributed by atoms with van der Waals surface area (Å²) in [5.74, 6) is 3.29. The number of hydrogen-bond acceptors (Lipinski definition) is 0. The zero-order valence-corrected chi connectivity index (χ0v) is 10.1. The molecule has 0 N–H and O–H groups in total. The van der Waals surface area contributed by atoms with Gasteiger partial charge in [-0.15, -0.1) is 11.5 Å². The van der Waals surface area contributed by atoms with Crippen molar-refractivity contribution in [1.29, 1.82) is 0 Å². The molecule has 64 valence electrons. The summed E-state index contributed by atoms with van der Waals surface area (Å²) in [5.41, 5.74) is 3.55. The second-order valence-electron chi connectivity index (χ2n) is 5.29. The Morgan fingerprint density at radius 3 is 1.64 bits per heavy atom. The van der Waals surface area contributed by atoms with E-state index in [2.05, 4.69) is 53.0 Å². The molecular weight excluding hydrogens is 148 g/mol. The van der Waals surface area contributed by atoms with Gasteiger partial charge in [0.05, 0.1) is 0 Å². The van der Waals surface area contributed by atoms with Crippen molar-refractivity contribution in [3.63, 3.8) is 0 Å². The van der Waals surface area contributed by atoms with E-state index in [1.165, 1.54) is 0 Å². The van der Waals surface area contributed by atoms with Crippen LogP contribution in [0, 0.1) is 16.9 Å². The van der Waals surface area contributed by atoms with E-state index < -0.39 is 0 Å². The quantitative estimate of drug-likeness (QED) is 0.385. The van der Waals surface area contributed by atoms with E-state index in [1.54, 1.807) is 0 Å². The average Bonchev–Trinajstić information content (AvgIpc) is 1.55. The highest BCUT2D eigenvalue weighted by atomic mass is 28.2. The predicted molar refractivity (Wildman–Crippen MR) is 55.5 cm³/mol. The standard InChI is InChI=1S/C10H20Si/c1-9(2,3)7-8-11-10(4,5)6/h11H2,1-6H3. The zero-order chi connectivity index (χ0) is 9.12. The van der Waals surface area contributed by atoms with E-state index >= 15 is 0 Å². The van der Waals surface area contributed by atoms with Crippen LogP contribution in [0.25, 0.3) is 0 Å². The molecule has 0 unspecified atom stereocenters. The maximum absolute atomic E-state index is 3.35. The van der Waals surface area contributed by atoms with Crippen LogP contribution >= 0.6 is 0 Å². The molecule has 0 heterocycles. The van der Waals surface area contributed by atoms with Crippen molar-refractivity contribution in [1.82, 2.24) is 0 Å². The molecule has 0 rings (SSSR count). The third kappa shape index (κ3) is 9.78. The van der Waals surface area contributed by atoms with Gasteiger partial charge < -0.3 is 0 Å². The first-order valence-corrected chi connectivity index (χ1v) is 5.62. The fraction of sp³-hybridized carbons (Fsp3) is 0.800. The monoisotopic (exact) mass is 168 g/mol. The van der Waals surface area contributed by atoms with Crippen LogP contribution in [-0.2, 0) is 0 Å². The first-order valence-electron chi connectivity index (χ1n) is 4.21. The van der Waals surface area contributed by atoms with E-state index in [0.29, 0.717) is 5.04 Å². The average molecular weight is 168 g/mol. The van der Waals surface area contributed by atoms with Crippen LogP contribution < -0.4 is 0 Å². The molecule has 0 radical (unpaired) electrons. The molecule has 0 aliphatic heterocycles. The molecule has 0 fully saturated rings. The molecule has 0 nitrogen and oxygen atoms in total. The van der Waals surface area contributed by atoms with Crippen LogP contribution in [0.2, 0.25) is 5.04 Å². The van der Waals surface area contributed by atoms with Crippen molar-refractivity contribution in [2.24, 2.45) is 5.41 Å². The fourth-order valence-corrected chi connectivity index (χ4v) is 1.72. The zero-order valence-electron chi connectivity index (χ0n) is 8.71. The van der Waals surface area contributed by atoms with Gasteiger partial charge in [0, 0.05) is 5.41 Å². The van der Waals surface area contributed by atoms with E-state index in [4.69, 9.17) is 0 Å². The lowest BCUT2D eigenvalue weighted by Gasteiger charge is -2.13. The van der Waals surface area contributed by atoms with Gasteiger partial charge in [0.2, 0.25) is 0 Å². The molecule has 0 aliphatic rings. The summed E-state index contributed by atoms with van der Waals surface area (Å²) in [5, 5.41) is 0.484. The lowest BCUT2D eigenvalue weighted by Crippen LogP contribution is -2.07. The molecular formula is C10H20Si. The van der Waals surface area contributed by atoms with Gasteiger partial charge in [-0.25, -0.2) is 0 Å². The molecule has 1 heteroatoms. The molecule has 0 atom stereocenters. The van der Waals surface area contributed by atoms with Crippen molar-refractivity contribution >= 4 is 9.52 Å². The molecule has 0 aromatic rings.